The van der Waals surface area contributed by atoms with Crippen molar-refractivity contribution >= 4 is 0 Å². The first-order valence-electron chi connectivity index (χ1n) is 11.9. The molecule has 1 heterocycles. The molecular formula is C26H37FN2O. The molecule has 0 N–H and O–H groups in total. The van der Waals surface area contributed by atoms with Crippen LogP contribution in [0.3, 0.4) is 0 Å². The number of ether oxygens (including phenoxy) is 1. The maximum Gasteiger partial charge on any atom is 0.165 e. The second-order valence-corrected chi connectivity index (χ2v) is 8.82. The molecule has 0 bridgehead atoms. The van der Waals surface area contributed by atoms with Crippen LogP contribution in [0.4, 0.5) is 4.39 Å². The highest BCUT2D eigenvalue weighted by atomic mass is 19.1. The van der Waals surface area contributed by atoms with E-state index in [4.69, 9.17) is 4.74 Å². The van der Waals surface area contributed by atoms with Crippen molar-refractivity contribution in [3.63, 3.8) is 0 Å². The van der Waals surface area contributed by atoms with E-state index < -0.39 is 0 Å². The molecule has 0 radical (unpaired) electrons. The summed E-state index contributed by atoms with van der Waals surface area (Å²) < 4.78 is 19.8. The van der Waals surface area contributed by atoms with Crippen molar-refractivity contribution < 1.29 is 9.13 Å². The largest absolute Gasteiger partial charge is 0.491 e. The van der Waals surface area contributed by atoms with Crippen LogP contribution in [-0.4, -0.2) is 16.8 Å². The molecule has 0 amide bonds. The molecule has 3 nitrogen and oxygen atoms in total. The van der Waals surface area contributed by atoms with Crippen molar-refractivity contribution in [3.8, 4) is 17.0 Å². The Balaban J connectivity index is 1.48. The van der Waals surface area contributed by atoms with Crippen molar-refractivity contribution in [2.24, 2.45) is 11.8 Å². The van der Waals surface area contributed by atoms with Gasteiger partial charge in [-0.15, -0.1) is 0 Å². The van der Waals surface area contributed by atoms with Gasteiger partial charge in [0.25, 0.3) is 0 Å². The number of hydrogen-bond donors (Lipinski definition) is 0. The van der Waals surface area contributed by atoms with Crippen LogP contribution in [-0.2, 0) is 6.42 Å². The van der Waals surface area contributed by atoms with Gasteiger partial charge in [-0.25, -0.2) is 4.39 Å². The molecule has 2 aromatic rings. The van der Waals surface area contributed by atoms with Crippen LogP contribution >= 0.6 is 0 Å². The van der Waals surface area contributed by atoms with Crippen molar-refractivity contribution in [3.05, 3.63) is 41.8 Å². The van der Waals surface area contributed by atoms with Gasteiger partial charge >= 0.3 is 0 Å². The molecule has 30 heavy (non-hydrogen) atoms. The summed E-state index contributed by atoms with van der Waals surface area (Å²) in [6.45, 7) is 4.92. The third-order valence-corrected chi connectivity index (χ3v) is 6.44. The lowest BCUT2D eigenvalue weighted by Crippen LogP contribution is -2.15. The summed E-state index contributed by atoms with van der Waals surface area (Å²) in [7, 11) is 0. The first-order valence-corrected chi connectivity index (χ1v) is 11.9. The van der Waals surface area contributed by atoms with E-state index in [1.165, 1.54) is 57.4 Å². The van der Waals surface area contributed by atoms with E-state index in [0.717, 1.165) is 42.4 Å². The highest BCUT2D eigenvalue weighted by Crippen LogP contribution is 2.34. The van der Waals surface area contributed by atoms with E-state index in [1.807, 2.05) is 18.2 Å². The van der Waals surface area contributed by atoms with Crippen molar-refractivity contribution in [1.82, 2.24) is 10.2 Å². The maximum absolute atomic E-state index is 14.3. The van der Waals surface area contributed by atoms with Crippen LogP contribution in [0.5, 0.6) is 5.75 Å². The summed E-state index contributed by atoms with van der Waals surface area (Å²) in [4.78, 5) is 0. The normalized spacial score (nSPS) is 19.0. The molecule has 4 heteroatoms. The van der Waals surface area contributed by atoms with E-state index in [9.17, 15) is 4.39 Å². The van der Waals surface area contributed by atoms with Gasteiger partial charge in [0.1, 0.15) is 0 Å². The molecule has 1 aromatic heterocycles. The fourth-order valence-electron chi connectivity index (χ4n) is 4.40. The van der Waals surface area contributed by atoms with E-state index in [2.05, 4.69) is 24.0 Å². The Morgan fingerprint density at radius 1 is 0.900 bits per heavy atom. The van der Waals surface area contributed by atoms with Gasteiger partial charge in [-0.2, -0.15) is 10.2 Å². The van der Waals surface area contributed by atoms with Crippen LogP contribution in [0, 0.1) is 17.7 Å². The first-order chi connectivity index (χ1) is 14.7. The Hall–Kier alpha value is -1.97. The molecule has 1 aromatic carbocycles. The number of hydrogen-bond acceptors (Lipinski definition) is 3. The monoisotopic (exact) mass is 412 g/mol. The van der Waals surface area contributed by atoms with E-state index in [0.29, 0.717) is 18.1 Å². The number of benzene rings is 1. The predicted molar refractivity (Wildman–Crippen MR) is 121 cm³/mol. The van der Waals surface area contributed by atoms with Crippen LogP contribution in [0.2, 0.25) is 0 Å². The topological polar surface area (TPSA) is 35.0 Å². The number of aromatic nitrogens is 2. The van der Waals surface area contributed by atoms with Crippen LogP contribution in [0.25, 0.3) is 11.3 Å². The van der Waals surface area contributed by atoms with Crippen LogP contribution in [0.1, 0.15) is 83.7 Å². The van der Waals surface area contributed by atoms with Crippen molar-refractivity contribution in [2.75, 3.05) is 6.61 Å². The number of rotatable bonds is 11. The molecule has 1 fully saturated rings. The summed E-state index contributed by atoms with van der Waals surface area (Å²) >= 11 is 0. The van der Waals surface area contributed by atoms with E-state index in [-0.39, 0.29) is 5.82 Å². The molecule has 1 aliphatic carbocycles. The lowest BCUT2D eigenvalue weighted by Gasteiger charge is -2.28. The lowest BCUT2D eigenvalue weighted by atomic mass is 9.78. The summed E-state index contributed by atoms with van der Waals surface area (Å²) in [5.41, 5.74) is 2.47. The molecule has 1 aliphatic rings. The third kappa shape index (κ3) is 6.78. The van der Waals surface area contributed by atoms with E-state index in [1.54, 1.807) is 6.07 Å². The summed E-state index contributed by atoms with van der Waals surface area (Å²) in [5.74, 6) is 1.76. The van der Waals surface area contributed by atoms with Gasteiger partial charge in [0.15, 0.2) is 11.6 Å². The zero-order valence-electron chi connectivity index (χ0n) is 18.7. The first kappa shape index (κ1) is 22.7. The molecule has 0 atom stereocenters. The Bertz CT molecular complexity index is 754. The second kappa shape index (κ2) is 12.0. The molecule has 0 aliphatic heterocycles. The molecular weight excluding hydrogens is 375 g/mol. The summed E-state index contributed by atoms with van der Waals surface area (Å²) in [6.07, 6.45) is 13.8. The zero-order chi connectivity index (χ0) is 21.2. The van der Waals surface area contributed by atoms with Gasteiger partial charge in [-0.05, 0) is 61.4 Å². The number of aryl methyl sites for hydroxylation is 1. The van der Waals surface area contributed by atoms with Gasteiger partial charge in [0.2, 0.25) is 0 Å². The Morgan fingerprint density at radius 2 is 1.63 bits per heavy atom. The van der Waals surface area contributed by atoms with Gasteiger partial charge in [0, 0.05) is 5.56 Å². The smallest absolute Gasteiger partial charge is 0.165 e. The SMILES string of the molecule is CCCCOc1ccc(-c2ccc(CCC3CCC(CCCC)CC3)nn2)cc1F. The molecule has 0 saturated heterocycles. The Labute approximate surface area is 181 Å². The average Bonchev–Trinajstić information content (AvgIpc) is 2.78. The number of unbranched alkanes of at least 4 members (excludes halogenated alkanes) is 2. The Kier molecular flexibility index (Phi) is 9.10. The molecule has 164 valence electrons. The number of halogens is 1. The van der Waals surface area contributed by atoms with E-state index >= 15 is 0 Å². The zero-order valence-corrected chi connectivity index (χ0v) is 18.7. The molecule has 0 spiro atoms. The van der Waals surface area contributed by atoms with Gasteiger partial charge < -0.3 is 4.74 Å². The Morgan fingerprint density at radius 3 is 2.27 bits per heavy atom. The lowest BCUT2D eigenvalue weighted by molar-refractivity contribution is 0.249. The van der Waals surface area contributed by atoms with Crippen molar-refractivity contribution in [1.29, 1.82) is 0 Å². The maximum atomic E-state index is 14.3. The summed E-state index contributed by atoms with van der Waals surface area (Å²) in [5, 5.41) is 8.75. The minimum atomic E-state index is -0.344. The summed E-state index contributed by atoms with van der Waals surface area (Å²) in [6, 6.07) is 9.02. The highest BCUT2D eigenvalue weighted by molar-refractivity contribution is 5.59. The van der Waals surface area contributed by atoms with Gasteiger partial charge in [0.05, 0.1) is 18.0 Å². The minimum Gasteiger partial charge on any atom is -0.491 e. The third-order valence-electron chi connectivity index (χ3n) is 6.44. The van der Waals surface area contributed by atoms with Crippen molar-refractivity contribution in [2.45, 2.75) is 84.5 Å². The quantitative estimate of drug-likeness (QED) is 0.361. The molecule has 0 unspecified atom stereocenters. The highest BCUT2D eigenvalue weighted by Gasteiger charge is 2.20. The minimum absolute atomic E-state index is 0.307. The molecule has 3 rings (SSSR count). The predicted octanol–water partition coefficient (Wildman–Crippen LogP) is 7.39. The van der Waals surface area contributed by atoms with Gasteiger partial charge in [-0.3, -0.25) is 0 Å². The fraction of sp³-hybridized carbons (Fsp3) is 0.615. The average molecular weight is 413 g/mol. The molecule has 1 saturated carbocycles. The standard InChI is InChI=1S/C26H37FN2O/c1-3-5-7-20-8-10-21(11-9-20)12-14-23-15-16-25(29-28-23)22-13-17-26(24(27)19-22)30-18-6-4-2/h13,15-17,19-21H,3-12,14,18H2,1-2H3. The number of nitrogens with zero attached hydrogens (tertiary/aromatic N) is 2. The fourth-order valence-corrected chi connectivity index (χ4v) is 4.40. The van der Waals surface area contributed by atoms with Gasteiger partial charge in [-0.1, -0.05) is 65.2 Å². The second-order valence-electron chi connectivity index (χ2n) is 8.82. The van der Waals surface area contributed by atoms with Crippen LogP contribution < -0.4 is 4.74 Å². The van der Waals surface area contributed by atoms with Crippen LogP contribution in [0.15, 0.2) is 30.3 Å².